The molecule has 0 aliphatic rings. The first kappa shape index (κ1) is 5.67. The monoisotopic (exact) mass is 128 g/mol. The Morgan fingerprint density at radius 1 is 1.78 bits per heavy atom. The average molecular weight is 128 g/mol. The molecular formula is C3H4N4O2. The van der Waals surface area contributed by atoms with Gasteiger partial charge in [-0.1, -0.05) is 0 Å². The molecule has 1 heterocycles. The molecule has 0 fully saturated rings. The van der Waals surface area contributed by atoms with Crippen molar-refractivity contribution >= 4 is 6.09 Å². The van der Waals surface area contributed by atoms with E-state index in [-0.39, 0.29) is 5.82 Å². The number of aryl methyl sites for hydroxylation is 1. The van der Waals surface area contributed by atoms with Crippen LogP contribution in [0.5, 0.6) is 0 Å². The summed E-state index contributed by atoms with van der Waals surface area (Å²) < 4.78 is 0.694. The molecule has 0 unspecified atom stereocenters. The fourth-order valence-corrected chi connectivity index (χ4v) is 0.408. The number of carboxylic acid groups (broad SMARTS) is 1. The van der Waals surface area contributed by atoms with E-state index in [1.165, 1.54) is 6.92 Å². The maximum Gasteiger partial charge on any atom is 0.435 e. The molecule has 1 rings (SSSR count). The van der Waals surface area contributed by atoms with E-state index in [1.54, 1.807) is 0 Å². The van der Waals surface area contributed by atoms with Gasteiger partial charge in [-0.05, 0) is 17.4 Å². The molecule has 0 amide bonds. The first-order valence-electron chi connectivity index (χ1n) is 2.20. The summed E-state index contributed by atoms with van der Waals surface area (Å²) >= 11 is 0. The highest BCUT2D eigenvalue weighted by atomic mass is 16.4. The smallest absolute Gasteiger partial charge is 0.435 e. The number of aromatic nitrogens is 4. The van der Waals surface area contributed by atoms with Crippen LogP contribution in [-0.4, -0.2) is 31.4 Å². The first-order chi connectivity index (χ1) is 4.22. The van der Waals surface area contributed by atoms with Crippen molar-refractivity contribution in [2.24, 2.45) is 0 Å². The molecule has 48 valence electrons. The predicted molar refractivity (Wildman–Crippen MR) is 26.0 cm³/mol. The van der Waals surface area contributed by atoms with Crippen LogP contribution in [-0.2, 0) is 0 Å². The third kappa shape index (κ3) is 0.857. The molecule has 0 atom stereocenters. The maximum absolute atomic E-state index is 10.1. The number of carbonyl (C=O) groups is 1. The Bertz CT molecular complexity index is 229. The van der Waals surface area contributed by atoms with Crippen molar-refractivity contribution in [1.82, 2.24) is 20.2 Å². The zero-order chi connectivity index (χ0) is 6.85. The molecule has 0 radical (unpaired) electrons. The quantitative estimate of drug-likeness (QED) is 0.476. The number of hydrogen-bond donors (Lipinski definition) is 1. The van der Waals surface area contributed by atoms with Gasteiger partial charge in [0.25, 0.3) is 0 Å². The molecule has 0 aliphatic heterocycles. The molecule has 0 spiro atoms. The van der Waals surface area contributed by atoms with E-state index in [4.69, 9.17) is 5.11 Å². The van der Waals surface area contributed by atoms with Gasteiger partial charge in [-0.25, -0.2) is 4.79 Å². The third-order valence-corrected chi connectivity index (χ3v) is 0.807. The van der Waals surface area contributed by atoms with Gasteiger partial charge in [0.15, 0.2) is 5.82 Å². The molecular weight excluding hydrogens is 124 g/mol. The van der Waals surface area contributed by atoms with E-state index in [0.29, 0.717) is 4.68 Å². The van der Waals surface area contributed by atoms with Crippen LogP contribution in [0.1, 0.15) is 5.82 Å². The molecule has 0 aliphatic carbocycles. The summed E-state index contributed by atoms with van der Waals surface area (Å²) in [4.78, 5) is 10.1. The summed E-state index contributed by atoms with van der Waals surface area (Å²) in [6, 6.07) is 0. The second-order valence-corrected chi connectivity index (χ2v) is 1.42. The molecule has 6 heteroatoms. The fourth-order valence-electron chi connectivity index (χ4n) is 0.408. The number of rotatable bonds is 0. The molecule has 6 nitrogen and oxygen atoms in total. The SMILES string of the molecule is Cc1nnnn1C(=O)O. The van der Waals surface area contributed by atoms with Crippen LogP contribution < -0.4 is 0 Å². The van der Waals surface area contributed by atoms with E-state index >= 15 is 0 Å². The average Bonchev–Trinajstić information content (AvgIpc) is 2.13. The minimum atomic E-state index is -1.17. The Kier molecular flexibility index (Phi) is 1.14. The lowest BCUT2D eigenvalue weighted by Gasteiger charge is -1.87. The summed E-state index contributed by atoms with van der Waals surface area (Å²) in [5.74, 6) is 0.266. The van der Waals surface area contributed by atoms with E-state index < -0.39 is 6.09 Å². The summed E-state index contributed by atoms with van der Waals surface area (Å²) in [6.07, 6.45) is -1.17. The molecule has 0 saturated heterocycles. The van der Waals surface area contributed by atoms with Crippen molar-refractivity contribution in [2.75, 3.05) is 0 Å². The summed E-state index contributed by atoms with van der Waals surface area (Å²) in [7, 11) is 0. The van der Waals surface area contributed by atoms with Crippen LogP contribution in [0.25, 0.3) is 0 Å². The normalized spacial score (nSPS) is 9.44. The zero-order valence-corrected chi connectivity index (χ0v) is 4.64. The first-order valence-corrected chi connectivity index (χ1v) is 2.20. The lowest BCUT2D eigenvalue weighted by Crippen LogP contribution is -2.11. The number of hydrogen-bond acceptors (Lipinski definition) is 4. The highest BCUT2D eigenvalue weighted by Gasteiger charge is 2.05. The van der Waals surface area contributed by atoms with Crippen molar-refractivity contribution in [3.05, 3.63) is 5.82 Å². The molecule has 0 saturated carbocycles. The molecule has 0 bridgehead atoms. The van der Waals surface area contributed by atoms with E-state index in [0.717, 1.165) is 0 Å². The Labute approximate surface area is 50.1 Å². The van der Waals surface area contributed by atoms with Crippen molar-refractivity contribution in [3.8, 4) is 0 Å². The molecule has 9 heavy (non-hydrogen) atoms. The van der Waals surface area contributed by atoms with Gasteiger partial charge >= 0.3 is 6.09 Å². The number of tetrazole rings is 1. The summed E-state index contributed by atoms with van der Waals surface area (Å²) in [6.45, 7) is 1.51. The van der Waals surface area contributed by atoms with E-state index in [2.05, 4.69) is 15.5 Å². The van der Waals surface area contributed by atoms with Crippen LogP contribution in [0.4, 0.5) is 4.79 Å². The Morgan fingerprint density at radius 3 is 2.67 bits per heavy atom. The highest BCUT2D eigenvalue weighted by Crippen LogP contribution is 1.84. The molecule has 1 aromatic heterocycles. The van der Waals surface area contributed by atoms with Gasteiger partial charge in [0, 0.05) is 0 Å². The zero-order valence-electron chi connectivity index (χ0n) is 4.64. The Hall–Kier alpha value is -1.46. The van der Waals surface area contributed by atoms with Crippen molar-refractivity contribution in [1.29, 1.82) is 0 Å². The van der Waals surface area contributed by atoms with Crippen LogP contribution in [0.15, 0.2) is 0 Å². The highest BCUT2D eigenvalue weighted by molar-refractivity contribution is 5.66. The van der Waals surface area contributed by atoms with Gasteiger partial charge in [-0.2, -0.15) is 0 Å². The lowest BCUT2D eigenvalue weighted by molar-refractivity contribution is 0.191. The van der Waals surface area contributed by atoms with Gasteiger partial charge in [0.1, 0.15) is 0 Å². The predicted octanol–water partition coefficient (Wildman–Crippen LogP) is -0.492. The number of nitrogens with zero attached hydrogens (tertiary/aromatic N) is 4. The Morgan fingerprint density at radius 2 is 2.44 bits per heavy atom. The van der Waals surface area contributed by atoms with Crippen LogP contribution in [0, 0.1) is 6.92 Å². The lowest BCUT2D eigenvalue weighted by atomic mass is 10.7. The maximum atomic E-state index is 10.1. The standard InChI is InChI=1S/C3H4N4O2/c1-2-4-5-6-7(2)3(8)9/h1H3,(H,8,9). The minimum absolute atomic E-state index is 0.266. The second kappa shape index (κ2) is 1.81. The van der Waals surface area contributed by atoms with Gasteiger partial charge in [-0.3, -0.25) is 0 Å². The van der Waals surface area contributed by atoms with Crippen LogP contribution in [0.2, 0.25) is 0 Å². The van der Waals surface area contributed by atoms with Gasteiger partial charge in [0.2, 0.25) is 0 Å². The van der Waals surface area contributed by atoms with Gasteiger partial charge < -0.3 is 5.11 Å². The third-order valence-electron chi connectivity index (χ3n) is 0.807. The van der Waals surface area contributed by atoms with E-state index in [1.807, 2.05) is 0 Å². The fraction of sp³-hybridized carbons (Fsp3) is 0.333. The summed E-state index contributed by atoms with van der Waals surface area (Å²) in [5, 5.41) is 17.9. The molecule has 1 aromatic rings. The van der Waals surface area contributed by atoms with Gasteiger partial charge in [-0.15, -0.1) is 9.78 Å². The van der Waals surface area contributed by atoms with Crippen molar-refractivity contribution in [2.45, 2.75) is 6.92 Å². The van der Waals surface area contributed by atoms with Crippen LogP contribution in [0.3, 0.4) is 0 Å². The molecule has 1 N–H and O–H groups in total. The largest absolute Gasteiger partial charge is 0.463 e. The van der Waals surface area contributed by atoms with E-state index in [9.17, 15) is 4.79 Å². The minimum Gasteiger partial charge on any atom is -0.463 e. The topological polar surface area (TPSA) is 80.9 Å². The summed E-state index contributed by atoms with van der Waals surface area (Å²) in [5.41, 5.74) is 0. The van der Waals surface area contributed by atoms with Crippen LogP contribution >= 0.6 is 0 Å². The Balaban J connectivity index is 3.08. The van der Waals surface area contributed by atoms with Crippen molar-refractivity contribution < 1.29 is 9.90 Å². The molecule has 0 aromatic carbocycles. The van der Waals surface area contributed by atoms with Crippen molar-refractivity contribution in [3.63, 3.8) is 0 Å². The second-order valence-electron chi connectivity index (χ2n) is 1.42. The van der Waals surface area contributed by atoms with Gasteiger partial charge in [0.05, 0.1) is 0 Å².